The lowest BCUT2D eigenvalue weighted by atomic mass is 9.47. The Labute approximate surface area is 243 Å². The highest BCUT2D eigenvalue weighted by Crippen LogP contribution is 2.67. The van der Waals surface area contributed by atoms with Gasteiger partial charge in [-0.3, -0.25) is 0 Å². The molecule has 0 bridgehead atoms. The van der Waals surface area contributed by atoms with Crippen molar-refractivity contribution in [3.8, 4) is 0 Å². The van der Waals surface area contributed by atoms with Crippen molar-refractivity contribution in [3.05, 3.63) is 47.5 Å². The molecular weight excluding hydrogens is 520 g/mol. The molecule has 8 atom stereocenters. The standard InChI is InChI=1S/C33H46N2O6/c1-32-17-14-23(40-29(36)21-8-6-5-7-9-21)20-22(32)10-11-24-25-12-13-27(33(25,2)18-15-26(24)32)28(41-31(38)35-4)16-19-39-30(37)34-3/h5-10,23-28H,11-20H2,1-4H3,(H,34,37)(H,35,38)/t23-,24+,25+,26+,27-,28+,32+,33+/m1/s1. The third-order valence-electron chi connectivity index (χ3n) is 11.2. The zero-order valence-corrected chi connectivity index (χ0v) is 24.9. The fourth-order valence-corrected chi connectivity index (χ4v) is 9.05. The van der Waals surface area contributed by atoms with E-state index in [1.807, 2.05) is 30.3 Å². The summed E-state index contributed by atoms with van der Waals surface area (Å²) in [6.45, 7) is 5.07. The van der Waals surface area contributed by atoms with Gasteiger partial charge in [-0.2, -0.15) is 0 Å². The number of fused-ring (bicyclic) bond motifs is 5. The minimum absolute atomic E-state index is 0.0665. The molecule has 41 heavy (non-hydrogen) atoms. The van der Waals surface area contributed by atoms with Crippen LogP contribution in [0.2, 0.25) is 0 Å². The van der Waals surface area contributed by atoms with E-state index in [4.69, 9.17) is 14.2 Å². The second-order valence-corrected chi connectivity index (χ2v) is 13.0. The Balaban J connectivity index is 1.28. The average Bonchev–Trinajstić information content (AvgIpc) is 3.34. The van der Waals surface area contributed by atoms with Crippen LogP contribution in [0.15, 0.2) is 42.0 Å². The number of rotatable bonds is 7. The Morgan fingerprint density at radius 3 is 2.44 bits per heavy atom. The number of carbonyl (C=O) groups is 3. The molecule has 224 valence electrons. The van der Waals surface area contributed by atoms with Crippen molar-refractivity contribution in [3.63, 3.8) is 0 Å². The van der Waals surface area contributed by atoms with Crippen molar-refractivity contribution in [2.45, 2.75) is 83.8 Å². The molecule has 1 aromatic carbocycles. The summed E-state index contributed by atoms with van der Waals surface area (Å²) in [6, 6.07) is 9.27. The Morgan fingerprint density at radius 1 is 0.951 bits per heavy atom. The molecule has 2 amide bonds. The van der Waals surface area contributed by atoms with E-state index in [9.17, 15) is 14.4 Å². The number of carbonyl (C=O) groups excluding carboxylic acids is 3. The Bertz CT molecular complexity index is 1150. The molecule has 4 aliphatic rings. The maximum Gasteiger partial charge on any atom is 0.407 e. The van der Waals surface area contributed by atoms with Crippen LogP contribution in [0.5, 0.6) is 0 Å². The van der Waals surface area contributed by atoms with Crippen LogP contribution in [0.25, 0.3) is 0 Å². The second kappa shape index (κ2) is 12.1. The fraction of sp³-hybridized carbons (Fsp3) is 0.667. The molecule has 8 nitrogen and oxygen atoms in total. The Kier molecular flexibility index (Phi) is 8.67. The number of nitrogens with one attached hydrogen (secondary N) is 2. The van der Waals surface area contributed by atoms with E-state index < -0.39 is 12.2 Å². The highest BCUT2D eigenvalue weighted by atomic mass is 16.6. The van der Waals surface area contributed by atoms with Crippen molar-refractivity contribution in [1.29, 1.82) is 0 Å². The van der Waals surface area contributed by atoms with Crippen LogP contribution >= 0.6 is 0 Å². The first-order valence-corrected chi connectivity index (χ1v) is 15.4. The third-order valence-corrected chi connectivity index (χ3v) is 11.2. The second-order valence-electron chi connectivity index (χ2n) is 13.0. The summed E-state index contributed by atoms with van der Waals surface area (Å²) in [6.07, 6.45) is 9.91. The summed E-state index contributed by atoms with van der Waals surface area (Å²) >= 11 is 0. The van der Waals surface area contributed by atoms with Crippen LogP contribution in [0.1, 0.15) is 82.0 Å². The SMILES string of the molecule is CNC(=O)OCC[C@H](OC(=O)NC)[C@H]1CC[C@H]2[C@@H]3CC=C4C[C@H](OC(=O)c5ccccc5)CC[C@]4(C)[C@H]3CC[C@]12C. The number of esters is 1. The molecule has 2 N–H and O–H groups in total. The summed E-state index contributed by atoms with van der Waals surface area (Å²) in [5, 5.41) is 5.08. The van der Waals surface area contributed by atoms with Crippen LogP contribution in [0, 0.1) is 34.5 Å². The summed E-state index contributed by atoms with van der Waals surface area (Å²) in [5.41, 5.74) is 2.29. The van der Waals surface area contributed by atoms with Gasteiger partial charge in [-0.1, -0.05) is 43.7 Å². The van der Waals surface area contributed by atoms with E-state index in [2.05, 4.69) is 30.6 Å². The van der Waals surface area contributed by atoms with Gasteiger partial charge in [-0.25, -0.2) is 14.4 Å². The lowest BCUT2D eigenvalue weighted by Gasteiger charge is -2.58. The Hall–Kier alpha value is -3.03. The maximum atomic E-state index is 12.7. The number of ether oxygens (including phenoxy) is 3. The van der Waals surface area contributed by atoms with E-state index in [1.54, 1.807) is 7.05 Å². The molecule has 1 aromatic rings. The number of allylic oxidation sites excluding steroid dienone is 1. The molecule has 4 aliphatic carbocycles. The van der Waals surface area contributed by atoms with Crippen LogP contribution in [-0.2, 0) is 14.2 Å². The van der Waals surface area contributed by atoms with Crippen LogP contribution < -0.4 is 10.6 Å². The molecule has 0 unspecified atom stereocenters. The molecule has 5 rings (SSSR count). The largest absolute Gasteiger partial charge is 0.458 e. The van der Waals surface area contributed by atoms with Gasteiger partial charge in [0.1, 0.15) is 12.2 Å². The predicted octanol–water partition coefficient (Wildman–Crippen LogP) is 6.26. The monoisotopic (exact) mass is 566 g/mol. The maximum absolute atomic E-state index is 12.7. The lowest BCUT2D eigenvalue weighted by molar-refractivity contribution is -0.0760. The minimum Gasteiger partial charge on any atom is -0.458 e. The summed E-state index contributed by atoms with van der Waals surface area (Å²) < 4.78 is 17.2. The van der Waals surface area contributed by atoms with Crippen molar-refractivity contribution in [2.75, 3.05) is 20.7 Å². The van der Waals surface area contributed by atoms with E-state index in [0.717, 1.165) is 51.4 Å². The van der Waals surface area contributed by atoms with Crippen LogP contribution in [0.3, 0.4) is 0 Å². The zero-order chi connectivity index (χ0) is 29.2. The van der Waals surface area contributed by atoms with Crippen molar-refractivity contribution < 1.29 is 28.6 Å². The number of amides is 2. The fourth-order valence-electron chi connectivity index (χ4n) is 9.05. The smallest absolute Gasteiger partial charge is 0.407 e. The lowest BCUT2D eigenvalue weighted by Crippen LogP contribution is -2.52. The molecule has 0 aromatic heterocycles. The average molecular weight is 567 g/mol. The molecule has 0 heterocycles. The van der Waals surface area contributed by atoms with Gasteiger partial charge in [-0.15, -0.1) is 0 Å². The molecular formula is C33H46N2O6. The van der Waals surface area contributed by atoms with Crippen molar-refractivity contribution in [1.82, 2.24) is 10.6 Å². The predicted molar refractivity (Wildman–Crippen MR) is 155 cm³/mol. The third kappa shape index (κ3) is 5.71. The van der Waals surface area contributed by atoms with Gasteiger partial charge in [0.15, 0.2) is 0 Å². The Morgan fingerprint density at radius 2 is 1.71 bits per heavy atom. The first-order valence-electron chi connectivity index (χ1n) is 15.4. The van der Waals surface area contributed by atoms with Gasteiger partial charge < -0.3 is 24.8 Å². The minimum atomic E-state index is -0.470. The number of alkyl carbamates (subject to hydrolysis) is 2. The normalized spacial score (nSPS) is 34.5. The van der Waals surface area contributed by atoms with Gasteiger partial charge in [0.25, 0.3) is 0 Å². The van der Waals surface area contributed by atoms with Gasteiger partial charge in [0.2, 0.25) is 0 Å². The first-order chi connectivity index (χ1) is 19.7. The summed E-state index contributed by atoms with van der Waals surface area (Å²) in [7, 11) is 3.12. The van der Waals surface area contributed by atoms with E-state index in [0.29, 0.717) is 29.7 Å². The van der Waals surface area contributed by atoms with Crippen LogP contribution in [-0.4, -0.2) is 51.1 Å². The molecule has 0 spiro atoms. The molecule has 3 fully saturated rings. The van der Waals surface area contributed by atoms with Gasteiger partial charge in [0.05, 0.1) is 12.2 Å². The zero-order valence-electron chi connectivity index (χ0n) is 24.9. The number of benzene rings is 1. The van der Waals surface area contributed by atoms with E-state index in [1.165, 1.54) is 12.6 Å². The molecule has 0 aliphatic heterocycles. The molecule has 3 saturated carbocycles. The molecule has 0 saturated heterocycles. The van der Waals surface area contributed by atoms with Gasteiger partial charge >= 0.3 is 18.2 Å². The molecule has 0 radical (unpaired) electrons. The molecule has 8 heteroatoms. The summed E-state index contributed by atoms with van der Waals surface area (Å²) in [5.74, 6) is 1.77. The van der Waals surface area contributed by atoms with Crippen LogP contribution in [0.4, 0.5) is 9.59 Å². The number of hydrogen-bond donors (Lipinski definition) is 2. The topological polar surface area (TPSA) is 103 Å². The van der Waals surface area contributed by atoms with Gasteiger partial charge in [-0.05, 0) is 85.7 Å². The number of hydrogen-bond acceptors (Lipinski definition) is 6. The summed E-state index contributed by atoms with van der Waals surface area (Å²) in [4.78, 5) is 36.7. The van der Waals surface area contributed by atoms with E-state index >= 15 is 0 Å². The van der Waals surface area contributed by atoms with Gasteiger partial charge in [0, 0.05) is 32.9 Å². The quantitative estimate of drug-likeness (QED) is 0.229. The highest BCUT2D eigenvalue weighted by molar-refractivity contribution is 5.89. The first kappa shape index (κ1) is 29.5. The van der Waals surface area contributed by atoms with Crippen molar-refractivity contribution >= 4 is 18.2 Å². The van der Waals surface area contributed by atoms with Crippen molar-refractivity contribution in [2.24, 2.45) is 34.5 Å². The highest BCUT2D eigenvalue weighted by Gasteiger charge is 2.60. The van der Waals surface area contributed by atoms with E-state index in [-0.39, 0.29) is 41.5 Å².